The number of piperidine rings is 1. The highest BCUT2D eigenvalue weighted by atomic mass is 35.5. The van der Waals surface area contributed by atoms with Gasteiger partial charge in [-0.2, -0.15) is 4.31 Å². The van der Waals surface area contributed by atoms with E-state index in [1.165, 1.54) is 16.4 Å². The van der Waals surface area contributed by atoms with E-state index in [1.807, 2.05) is 43.3 Å². The number of para-hydroxylation sites is 2. The van der Waals surface area contributed by atoms with E-state index >= 15 is 0 Å². The Hall–Kier alpha value is -1.80. The van der Waals surface area contributed by atoms with Crippen molar-refractivity contribution in [1.82, 2.24) is 4.31 Å². The molecule has 0 atom stereocenters. The number of hydrogen-bond acceptors (Lipinski definition) is 4. The molecule has 6 nitrogen and oxygen atoms in total. The highest BCUT2D eigenvalue weighted by molar-refractivity contribution is 7.89. The van der Waals surface area contributed by atoms with Crippen LogP contribution in [0.25, 0.3) is 0 Å². The van der Waals surface area contributed by atoms with Gasteiger partial charge in [0.15, 0.2) is 0 Å². The third-order valence-electron chi connectivity index (χ3n) is 4.99. The van der Waals surface area contributed by atoms with Gasteiger partial charge in [-0.05, 0) is 37.1 Å². The van der Waals surface area contributed by atoms with Gasteiger partial charge in [0.25, 0.3) is 0 Å². The summed E-state index contributed by atoms with van der Waals surface area (Å²) in [7, 11) is 0.00351. The lowest BCUT2D eigenvalue weighted by atomic mass is 9.97. The van der Waals surface area contributed by atoms with Gasteiger partial charge in [0.2, 0.25) is 15.9 Å². The zero-order valence-corrected chi connectivity index (χ0v) is 18.6. The smallest absolute Gasteiger partial charge is 0.246 e. The van der Waals surface area contributed by atoms with E-state index in [0.29, 0.717) is 12.8 Å². The van der Waals surface area contributed by atoms with Crippen LogP contribution in [0.3, 0.4) is 0 Å². The Balaban J connectivity index is 1.69. The van der Waals surface area contributed by atoms with Gasteiger partial charge in [0, 0.05) is 33.1 Å². The first-order valence-electron chi connectivity index (χ1n) is 9.23. The molecule has 2 aromatic carbocycles. The van der Waals surface area contributed by atoms with Crippen molar-refractivity contribution in [3.05, 3.63) is 52.5 Å². The van der Waals surface area contributed by atoms with Gasteiger partial charge in [0.05, 0.1) is 21.4 Å². The van der Waals surface area contributed by atoms with Crippen LogP contribution in [0.2, 0.25) is 10.0 Å². The van der Waals surface area contributed by atoms with Crippen molar-refractivity contribution >= 4 is 50.5 Å². The molecule has 1 fully saturated rings. The van der Waals surface area contributed by atoms with Crippen LogP contribution in [0.4, 0.5) is 11.4 Å². The zero-order chi connectivity index (χ0) is 21.2. The molecule has 0 aliphatic carbocycles. The van der Waals surface area contributed by atoms with Crippen molar-refractivity contribution in [2.24, 2.45) is 5.92 Å². The monoisotopic (exact) mass is 455 g/mol. The second-order valence-electron chi connectivity index (χ2n) is 7.13. The van der Waals surface area contributed by atoms with E-state index in [4.69, 9.17) is 23.2 Å². The molecule has 0 aromatic heterocycles. The lowest BCUT2D eigenvalue weighted by Crippen LogP contribution is -2.41. The Bertz CT molecular complexity index is 984. The number of halogens is 2. The molecule has 29 heavy (non-hydrogen) atoms. The van der Waals surface area contributed by atoms with Gasteiger partial charge >= 0.3 is 0 Å². The number of rotatable bonds is 5. The first-order chi connectivity index (χ1) is 13.7. The molecule has 9 heteroatoms. The molecule has 0 spiro atoms. The summed E-state index contributed by atoms with van der Waals surface area (Å²) in [5, 5.41) is 3.16. The second kappa shape index (κ2) is 8.92. The maximum absolute atomic E-state index is 13.0. The third-order valence-corrected chi connectivity index (χ3v) is 7.84. The van der Waals surface area contributed by atoms with E-state index in [-0.39, 0.29) is 39.9 Å². The third kappa shape index (κ3) is 4.69. The molecule has 0 saturated carbocycles. The minimum Gasteiger partial charge on any atom is -0.376 e. The molecule has 156 valence electrons. The predicted molar refractivity (Wildman–Crippen MR) is 117 cm³/mol. The van der Waals surface area contributed by atoms with E-state index in [1.54, 1.807) is 6.07 Å². The molecule has 1 N–H and O–H groups in total. The standard InChI is InChI=1S/C20H23Cl2N3O3S/c1-24(2)18-9-4-3-8-17(18)23-20(26)14-10-12-25(13-11-14)29(27,28)19-15(21)6-5-7-16(19)22/h3-9,14H,10-13H2,1-2H3,(H,23,26). The summed E-state index contributed by atoms with van der Waals surface area (Å²) in [6.45, 7) is 0.467. The summed E-state index contributed by atoms with van der Waals surface area (Å²) in [6, 6.07) is 12.2. The van der Waals surface area contributed by atoms with Crippen LogP contribution < -0.4 is 10.2 Å². The fourth-order valence-electron chi connectivity index (χ4n) is 3.42. The van der Waals surface area contributed by atoms with Crippen LogP contribution in [0.15, 0.2) is 47.4 Å². The van der Waals surface area contributed by atoms with Crippen LogP contribution >= 0.6 is 23.2 Å². The number of amides is 1. The van der Waals surface area contributed by atoms with Gasteiger partial charge in [-0.3, -0.25) is 4.79 Å². The number of hydrogen-bond donors (Lipinski definition) is 1. The molecule has 1 aliphatic rings. The number of sulfonamides is 1. The van der Waals surface area contributed by atoms with E-state index in [9.17, 15) is 13.2 Å². The molecular weight excluding hydrogens is 433 g/mol. The number of nitrogens with zero attached hydrogens (tertiary/aromatic N) is 2. The number of carbonyl (C=O) groups excluding carboxylic acids is 1. The van der Waals surface area contributed by atoms with Gasteiger partial charge in [-0.15, -0.1) is 0 Å². The summed E-state index contributed by atoms with van der Waals surface area (Å²) < 4.78 is 27.3. The molecule has 3 rings (SSSR count). The van der Waals surface area contributed by atoms with Gasteiger partial charge in [0.1, 0.15) is 4.90 Å². The molecule has 1 saturated heterocycles. The Kier molecular flexibility index (Phi) is 6.73. The molecule has 0 radical (unpaired) electrons. The van der Waals surface area contributed by atoms with E-state index in [2.05, 4.69) is 5.32 Å². The van der Waals surface area contributed by atoms with Gasteiger partial charge in [-0.25, -0.2) is 8.42 Å². The molecular formula is C20H23Cl2N3O3S. The fraction of sp³-hybridized carbons (Fsp3) is 0.350. The lowest BCUT2D eigenvalue weighted by molar-refractivity contribution is -0.120. The Morgan fingerprint density at radius 1 is 1.03 bits per heavy atom. The van der Waals surface area contributed by atoms with Crippen LogP contribution in [0.5, 0.6) is 0 Å². The zero-order valence-electron chi connectivity index (χ0n) is 16.2. The van der Waals surface area contributed by atoms with Crippen LogP contribution in [-0.4, -0.2) is 45.8 Å². The topological polar surface area (TPSA) is 69.7 Å². The second-order valence-corrected chi connectivity index (χ2v) is 9.82. The Labute approximate surface area is 181 Å². The summed E-state index contributed by atoms with van der Waals surface area (Å²) >= 11 is 12.2. The van der Waals surface area contributed by atoms with Gasteiger partial charge in [-0.1, -0.05) is 41.4 Å². The SMILES string of the molecule is CN(C)c1ccccc1NC(=O)C1CCN(S(=O)(=O)c2c(Cl)cccc2Cl)CC1. The average Bonchev–Trinajstić information content (AvgIpc) is 2.68. The van der Waals surface area contributed by atoms with Crippen molar-refractivity contribution in [1.29, 1.82) is 0 Å². The number of carbonyl (C=O) groups is 1. The maximum atomic E-state index is 13.0. The average molecular weight is 456 g/mol. The van der Waals surface area contributed by atoms with Crippen molar-refractivity contribution in [2.45, 2.75) is 17.7 Å². The molecule has 2 aromatic rings. The van der Waals surface area contributed by atoms with Crippen molar-refractivity contribution in [3.63, 3.8) is 0 Å². The first-order valence-corrected chi connectivity index (χ1v) is 11.4. The van der Waals surface area contributed by atoms with Crippen molar-refractivity contribution < 1.29 is 13.2 Å². The lowest BCUT2D eigenvalue weighted by Gasteiger charge is -2.31. The number of anilines is 2. The minimum absolute atomic E-state index is 0.0776. The normalized spacial score (nSPS) is 15.9. The van der Waals surface area contributed by atoms with Crippen LogP contribution in [0.1, 0.15) is 12.8 Å². The summed E-state index contributed by atoms with van der Waals surface area (Å²) in [6.07, 6.45) is 0.856. The maximum Gasteiger partial charge on any atom is 0.246 e. The largest absolute Gasteiger partial charge is 0.376 e. The van der Waals surface area contributed by atoms with E-state index in [0.717, 1.165) is 11.4 Å². The molecule has 1 amide bonds. The highest BCUT2D eigenvalue weighted by Crippen LogP contribution is 2.34. The van der Waals surface area contributed by atoms with Crippen LogP contribution in [-0.2, 0) is 14.8 Å². The molecule has 0 unspecified atom stereocenters. The molecule has 1 heterocycles. The van der Waals surface area contributed by atoms with Crippen molar-refractivity contribution in [2.75, 3.05) is 37.4 Å². The molecule has 0 bridgehead atoms. The Morgan fingerprint density at radius 3 is 2.21 bits per heavy atom. The first kappa shape index (κ1) is 21.9. The van der Waals surface area contributed by atoms with E-state index < -0.39 is 10.0 Å². The summed E-state index contributed by atoms with van der Waals surface area (Å²) in [5.74, 6) is -0.370. The highest BCUT2D eigenvalue weighted by Gasteiger charge is 2.34. The van der Waals surface area contributed by atoms with Crippen LogP contribution in [0, 0.1) is 5.92 Å². The summed E-state index contributed by atoms with van der Waals surface area (Å²) in [5.41, 5.74) is 1.65. The molecule has 1 aliphatic heterocycles. The van der Waals surface area contributed by atoms with Crippen molar-refractivity contribution in [3.8, 4) is 0 Å². The fourth-order valence-corrected chi connectivity index (χ4v) is 5.98. The Morgan fingerprint density at radius 2 is 1.62 bits per heavy atom. The quantitative estimate of drug-likeness (QED) is 0.736. The summed E-state index contributed by atoms with van der Waals surface area (Å²) in [4.78, 5) is 14.6. The van der Waals surface area contributed by atoms with Gasteiger partial charge < -0.3 is 10.2 Å². The number of nitrogens with one attached hydrogen (secondary N) is 1. The predicted octanol–water partition coefficient (Wildman–Crippen LogP) is 4.10. The number of benzene rings is 2. The minimum atomic E-state index is -3.82.